The zero-order valence-electron chi connectivity index (χ0n) is 8.65. The van der Waals surface area contributed by atoms with Crippen LogP contribution >= 0.6 is 0 Å². The standard InChI is InChI=1S/C10H10N6/c1-5-3-2-4-6-7(5)13-8(12-6)9-14-10(11)16-15-9/h2-4H,1H3,(H,12,13)(H3,11,14,15,16). The van der Waals surface area contributed by atoms with Gasteiger partial charge in [0, 0.05) is 0 Å². The summed E-state index contributed by atoms with van der Waals surface area (Å²) in [7, 11) is 0. The van der Waals surface area contributed by atoms with E-state index in [0.29, 0.717) is 11.6 Å². The van der Waals surface area contributed by atoms with Crippen molar-refractivity contribution in [3.8, 4) is 11.6 Å². The Hall–Kier alpha value is -2.37. The Kier molecular flexibility index (Phi) is 1.70. The smallest absolute Gasteiger partial charge is 0.239 e. The number of anilines is 1. The highest BCUT2D eigenvalue weighted by Gasteiger charge is 2.09. The molecule has 80 valence electrons. The fourth-order valence-electron chi connectivity index (χ4n) is 1.67. The number of nitrogens with one attached hydrogen (secondary N) is 2. The number of H-pyrrole nitrogens is 2. The van der Waals surface area contributed by atoms with Crippen LogP contribution in [0.25, 0.3) is 22.7 Å². The van der Waals surface area contributed by atoms with Gasteiger partial charge in [-0.1, -0.05) is 12.1 Å². The van der Waals surface area contributed by atoms with Gasteiger partial charge >= 0.3 is 0 Å². The molecule has 0 fully saturated rings. The number of benzene rings is 1. The Morgan fingerprint density at radius 3 is 2.75 bits per heavy atom. The molecule has 1 aromatic carbocycles. The number of hydrogen-bond acceptors (Lipinski definition) is 4. The first-order valence-electron chi connectivity index (χ1n) is 4.87. The highest BCUT2D eigenvalue weighted by molar-refractivity contribution is 5.81. The molecule has 0 aliphatic carbocycles. The number of nitrogens with two attached hydrogens (primary N) is 1. The molecule has 2 heterocycles. The van der Waals surface area contributed by atoms with Crippen LogP contribution in [-0.2, 0) is 0 Å². The van der Waals surface area contributed by atoms with Gasteiger partial charge in [-0.3, -0.25) is 5.10 Å². The molecule has 3 rings (SSSR count). The van der Waals surface area contributed by atoms with Crippen molar-refractivity contribution in [3.05, 3.63) is 23.8 Å². The monoisotopic (exact) mass is 214 g/mol. The molecule has 6 heteroatoms. The van der Waals surface area contributed by atoms with Crippen LogP contribution in [-0.4, -0.2) is 25.1 Å². The molecule has 2 aromatic heterocycles. The van der Waals surface area contributed by atoms with Gasteiger partial charge in [0.15, 0.2) is 11.6 Å². The van der Waals surface area contributed by atoms with Crippen molar-refractivity contribution in [1.82, 2.24) is 25.1 Å². The van der Waals surface area contributed by atoms with E-state index in [1.165, 1.54) is 0 Å². The second-order valence-corrected chi connectivity index (χ2v) is 3.60. The molecule has 0 spiro atoms. The minimum absolute atomic E-state index is 0.215. The molecule has 0 bridgehead atoms. The van der Waals surface area contributed by atoms with Gasteiger partial charge in [0.25, 0.3) is 0 Å². The maximum atomic E-state index is 5.44. The van der Waals surface area contributed by atoms with Gasteiger partial charge in [0.2, 0.25) is 5.95 Å². The first-order valence-corrected chi connectivity index (χ1v) is 4.87. The van der Waals surface area contributed by atoms with Crippen LogP contribution in [0.1, 0.15) is 5.56 Å². The largest absolute Gasteiger partial charge is 0.366 e. The van der Waals surface area contributed by atoms with Crippen molar-refractivity contribution < 1.29 is 0 Å². The zero-order chi connectivity index (χ0) is 11.1. The number of nitrogen functional groups attached to an aromatic ring is 1. The summed E-state index contributed by atoms with van der Waals surface area (Å²) >= 11 is 0. The first kappa shape index (κ1) is 8.90. The molecule has 3 aromatic rings. The quantitative estimate of drug-likeness (QED) is 0.567. The molecule has 0 atom stereocenters. The molecule has 0 radical (unpaired) electrons. The fourth-order valence-corrected chi connectivity index (χ4v) is 1.67. The molecular weight excluding hydrogens is 204 g/mol. The maximum Gasteiger partial charge on any atom is 0.239 e. The van der Waals surface area contributed by atoms with Gasteiger partial charge in [0.1, 0.15) is 0 Å². The Balaban J connectivity index is 2.22. The van der Waals surface area contributed by atoms with E-state index in [4.69, 9.17) is 5.73 Å². The van der Waals surface area contributed by atoms with Crippen LogP contribution < -0.4 is 5.73 Å². The van der Waals surface area contributed by atoms with E-state index in [-0.39, 0.29) is 5.95 Å². The molecular formula is C10H10N6. The average molecular weight is 214 g/mol. The SMILES string of the molecule is Cc1cccc2[nH]c(-c3nc(N)n[nH]3)nc12. The third kappa shape index (κ3) is 1.23. The summed E-state index contributed by atoms with van der Waals surface area (Å²) in [5, 5.41) is 6.49. The van der Waals surface area contributed by atoms with E-state index in [1.54, 1.807) is 0 Å². The number of nitrogens with zero attached hydrogens (tertiary/aromatic N) is 3. The van der Waals surface area contributed by atoms with Crippen molar-refractivity contribution >= 4 is 17.0 Å². The summed E-state index contributed by atoms with van der Waals surface area (Å²) in [5.41, 5.74) is 8.48. The number of imidazole rings is 1. The molecule has 6 nitrogen and oxygen atoms in total. The van der Waals surface area contributed by atoms with Crippen LogP contribution in [0.3, 0.4) is 0 Å². The minimum Gasteiger partial charge on any atom is -0.366 e. The van der Waals surface area contributed by atoms with Gasteiger partial charge in [-0.05, 0) is 18.6 Å². The number of rotatable bonds is 1. The van der Waals surface area contributed by atoms with Gasteiger partial charge in [-0.15, -0.1) is 5.10 Å². The summed E-state index contributed by atoms with van der Waals surface area (Å²) in [4.78, 5) is 11.6. The molecule has 0 amide bonds. The molecule has 16 heavy (non-hydrogen) atoms. The average Bonchev–Trinajstić information content (AvgIpc) is 2.84. The summed E-state index contributed by atoms with van der Waals surface area (Å²) in [6.45, 7) is 2.02. The lowest BCUT2D eigenvalue weighted by Crippen LogP contribution is -1.86. The maximum absolute atomic E-state index is 5.44. The zero-order valence-corrected chi connectivity index (χ0v) is 8.65. The third-order valence-electron chi connectivity index (χ3n) is 2.44. The van der Waals surface area contributed by atoms with Gasteiger partial charge in [0.05, 0.1) is 11.0 Å². The summed E-state index contributed by atoms with van der Waals surface area (Å²) in [5.74, 6) is 1.41. The first-order chi connectivity index (χ1) is 7.74. The summed E-state index contributed by atoms with van der Waals surface area (Å²) < 4.78 is 0. The van der Waals surface area contributed by atoms with Crippen LogP contribution in [0.5, 0.6) is 0 Å². The number of hydrogen-bond donors (Lipinski definition) is 3. The van der Waals surface area contributed by atoms with Crippen molar-refractivity contribution in [2.75, 3.05) is 5.73 Å². The number of fused-ring (bicyclic) bond motifs is 1. The molecule has 4 N–H and O–H groups in total. The van der Waals surface area contributed by atoms with Crippen molar-refractivity contribution in [1.29, 1.82) is 0 Å². The van der Waals surface area contributed by atoms with E-state index in [2.05, 4.69) is 25.1 Å². The lowest BCUT2D eigenvalue weighted by atomic mass is 10.2. The number of aromatic amines is 2. The molecule has 0 saturated carbocycles. The molecule has 0 unspecified atom stereocenters. The highest BCUT2D eigenvalue weighted by atomic mass is 15.3. The predicted molar refractivity (Wildman–Crippen MR) is 60.6 cm³/mol. The Morgan fingerprint density at radius 2 is 2.06 bits per heavy atom. The van der Waals surface area contributed by atoms with Crippen molar-refractivity contribution in [2.24, 2.45) is 0 Å². The van der Waals surface area contributed by atoms with Gasteiger partial charge in [-0.25, -0.2) is 4.98 Å². The second kappa shape index (κ2) is 3.06. The predicted octanol–water partition coefficient (Wildman–Crippen LogP) is 1.24. The Bertz CT molecular complexity index is 650. The normalized spacial score (nSPS) is 11.1. The van der Waals surface area contributed by atoms with E-state index >= 15 is 0 Å². The van der Waals surface area contributed by atoms with Gasteiger partial charge in [-0.2, -0.15) is 4.98 Å². The summed E-state index contributed by atoms with van der Waals surface area (Å²) in [6.07, 6.45) is 0. The highest BCUT2D eigenvalue weighted by Crippen LogP contribution is 2.20. The van der Waals surface area contributed by atoms with Gasteiger partial charge < -0.3 is 10.7 Å². The Morgan fingerprint density at radius 1 is 1.19 bits per heavy atom. The molecule has 0 saturated heterocycles. The molecule has 0 aliphatic heterocycles. The second-order valence-electron chi connectivity index (χ2n) is 3.60. The Labute approximate surface area is 90.9 Å². The van der Waals surface area contributed by atoms with Crippen LogP contribution in [0.2, 0.25) is 0 Å². The number of aromatic nitrogens is 5. The van der Waals surface area contributed by atoms with E-state index in [1.807, 2.05) is 25.1 Å². The van der Waals surface area contributed by atoms with Crippen LogP contribution in [0, 0.1) is 6.92 Å². The minimum atomic E-state index is 0.215. The lowest BCUT2D eigenvalue weighted by molar-refractivity contribution is 1.09. The topological polar surface area (TPSA) is 96.3 Å². The van der Waals surface area contributed by atoms with Crippen LogP contribution in [0.4, 0.5) is 5.95 Å². The van der Waals surface area contributed by atoms with Crippen LogP contribution in [0.15, 0.2) is 18.2 Å². The van der Waals surface area contributed by atoms with E-state index in [9.17, 15) is 0 Å². The van der Waals surface area contributed by atoms with Crippen molar-refractivity contribution in [2.45, 2.75) is 6.92 Å². The van der Waals surface area contributed by atoms with E-state index in [0.717, 1.165) is 16.6 Å². The number of aryl methyl sites for hydroxylation is 1. The van der Waals surface area contributed by atoms with Crippen molar-refractivity contribution in [3.63, 3.8) is 0 Å². The lowest BCUT2D eigenvalue weighted by Gasteiger charge is -1.90. The van der Waals surface area contributed by atoms with E-state index < -0.39 is 0 Å². The third-order valence-corrected chi connectivity index (χ3v) is 2.44. The summed E-state index contributed by atoms with van der Waals surface area (Å²) in [6, 6.07) is 5.97. The molecule has 0 aliphatic rings. The fraction of sp³-hybridized carbons (Fsp3) is 0.100. The number of para-hydroxylation sites is 1.